The van der Waals surface area contributed by atoms with E-state index in [1.165, 1.54) is 30.3 Å². The van der Waals surface area contributed by atoms with E-state index in [0.29, 0.717) is 5.56 Å². The van der Waals surface area contributed by atoms with Crippen molar-refractivity contribution in [3.05, 3.63) is 58.5 Å². The van der Waals surface area contributed by atoms with E-state index in [1.54, 1.807) is 0 Å². The summed E-state index contributed by atoms with van der Waals surface area (Å²) < 4.78 is 71.3. The van der Waals surface area contributed by atoms with E-state index in [2.05, 4.69) is 24.5 Å². The molecule has 2 aromatic heterocycles. The molecule has 0 saturated carbocycles. The number of hydrogen-bond acceptors (Lipinski definition) is 6. The first-order chi connectivity index (χ1) is 12.7. The van der Waals surface area contributed by atoms with Gasteiger partial charge in [0.15, 0.2) is 0 Å². The van der Waals surface area contributed by atoms with Crippen molar-refractivity contribution >= 4 is 0 Å². The fourth-order valence-electron chi connectivity index (χ4n) is 2.08. The number of hydrogen-bond donors (Lipinski definition) is 0. The maximum absolute atomic E-state index is 12.5. The summed E-state index contributed by atoms with van der Waals surface area (Å²) in [7, 11) is 0. The Bertz CT molecular complexity index is 982. The lowest BCUT2D eigenvalue weighted by molar-refractivity contribution is -0.157. The van der Waals surface area contributed by atoms with Crippen molar-refractivity contribution in [1.82, 2.24) is 20.0 Å². The molecule has 3 aromatic rings. The Hall–Kier alpha value is -3.31. The molecule has 0 amide bonds. The Balaban J connectivity index is 1.84. The van der Waals surface area contributed by atoms with E-state index in [1.807, 2.05) is 0 Å². The molecule has 0 spiro atoms. The van der Waals surface area contributed by atoms with Crippen LogP contribution in [0.4, 0.5) is 22.0 Å². The van der Waals surface area contributed by atoms with Crippen LogP contribution in [0, 0.1) is 0 Å². The molecule has 27 heavy (non-hydrogen) atoms. The van der Waals surface area contributed by atoms with E-state index in [0.717, 1.165) is 10.7 Å². The second-order valence-electron chi connectivity index (χ2n) is 5.12. The van der Waals surface area contributed by atoms with Crippen LogP contribution < -0.4 is 10.3 Å². The average molecular weight is 388 g/mol. The minimum atomic E-state index is -4.80. The Labute approximate surface area is 147 Å². The zero-order valence-corrected chi connectivity index (χ0v) is 13.2. The summed E-state index contributed by atoms with van der Waals surface area (Å²) in [6.07, 6.45) is -4.80. The third-order valence-electron chi connectivity index (χ3n) is 3.24. The highest BCUT2D eigenvalue weighted by Gasteiger charge is 2.38. The van der Waals surface area contributed by atoms with Crippen LogP contribution in [0.2, 0.25) is 0 Å². The van der Waals surface area contributed by atoms with Gasteiger partial charge in [-0.2, -0.15) is 27.1 Å². The van der Waals surface area contributed by atoms with Crippen molar-refractivity contribution in [3.63, 3.8) is 0 Å². The molecule has 1 aromatic carbocycles. The van der Waals surface area contributed by atoms with Crippen LogP contribution in [-0.4, -0.2) is 26.6 Å². The zero-order chi connectivity index (χ0) is 19.6. The largest absolute Gasteiger partial charge is 0.470 e. The Kier molecular flexibility index (Phi) is 4.88. The molecule has 3 rings (SSSR count). The molecule has 7 nitrogen and oxygen atoms in total. The summed E-state index contributed by atoms with van der Waals surface area (Å²) in [5.41, 5.74) is 0.129. The summed E-state index contributed by atoms with van der Waals surface area (Å²) in [5.74, 6) is -2.04. The quantitative estimate of drug-likeness (QED) is 0.625. The maximum Gasteiger partial charge on any atom is 0.470 e. The molecule has 0 atom stereocenters. The molecule has 0 aliphatic heterocycles. The lowest BCUT2D eigenvalue weighted by Crippen LogP contribution is -2.23. The summed E-state index contributed by atoms with van der Waals surface area (Å²) >= 11 is 0. The van der Waals surface area contributed by atoms with Gasteiger partial charge in [0.2, 0.25) is 5.89 Å². The molecule has 142 valence electrons. The van der Waals surface area contributed by atoms with Crippen LogP contribution in [0.15, 0.2) is 45.6 Å². The molecule has 2 heterocycles. The van der Waals surface area contributed by atoms with Crippen LogP contribution in [0.5, 0.6) is 5.75 Å². The standard InChI is InChI=1S/C15H9F5N4O3/c16-14(17)26-9-3-1-8(2-4-9)10-5-6-12(25)24(23-10)7-11-21-22-13(27-11)15(18,19)20/h1-6,14H,7H2. The number of ether oxygens (including phenoxy) is 1. The normalized spacial score (nSPS) is 11.8. The predicted molar refractivity (Wildman–Crippen MR) is 79.0 cm³/mol. The van der Waals surface area contributed by atoms with Gasteiger partial charge in [-0.25, -0.2) is 4.68 Å². The van der Waals surface area contributed by atoms with Gasteiger partial charge in [-0.15, -0.1) is 10.2 Å². The van der Waals surface area contributed by atoms with Gasteiger partial charge in [-0.05, 0) is 30.3 Å². The van der Waals surface area contributed by atoms with E-state index in [4.69, 9.17) is 0 Å². The topological polar surface area (TPSA) is 83.0 Å². The smallest absolute Gasteiger partial charge is 0.435 e. The highest BCUT2D eigenvalue weighted by Crippen LogP contribution is 2.27. The van der Waals surface area contributed by atoms with Crippen LogP contribution in [0.25, 0.3) is 11.3 Å². The minimum Gasteiger partial charge on any atom is -0.435 e. The number of nitrogens with zero attached hydrogens (tertiary/aromatic N) is 4. The van der Waals surface area contributed by atoms with Gasteiger partial charge in [0.05, 0.1) is 5.69 Å². The van der Waals surface area contributed by atoms with Crippen molar-refractivity contribution in [2.75, 3.05) is 0 Å². The number of benzene rings is 1. The van der Waals surface area contributed by atoms with E-state index >= 15 is 0 Å². The van der Waals surface area contributed by atoms with Gasteiger partial charge in [-0.1, -0.05) is 0 Å². The summed E-state index contributed by atoms with van der Waals surface area (Å²) in [6.45, 7) is -3.44. The summed E-state index contributed by atoms with van der Waals surface area (Å²) in [4.78, 5) is 11.9. The number of halogens is 5. The fraction of sp³-hybridized carbons (Fsp3) is 0.200. The third-order valence-corrected chi connectivity index (χ3v) is 3.24. The Morgan fingerprint density at radius 3 is 2.37 bits per heavy atom. The van der Waals surface area contributed by atoms with Gasteiger partial charge in [0, 0.05) is 11.6 Å². The predicted octanol–water partition coefficient (Wildman–Crippen LogP) is 2.96. The first-order valence-electron chi connectivity index (χ1n) is 7.25. The Morgan fingerprint density at radius 1 is 1.07 bits per heavy atom. The lowest BCUT2D eigenvalue weighted by atomic mass is 10.1. The molecule has 0 unspecified atom stereocenters. The van der Waals surface area contributed by atoms with Gasteiger partial charge in [0.25, 0.3) is 5.56 Å². The van der Waals surface area contributed by atoms with Crippen molar-refractivity contribution < 1.29 is 31.1 Å². The molecule has 0 aliphatic carbocycles. The Morgan fingerprint density at radius 2 is 1.78 bits per heavy atom. The molecular formula is C15H9F5N4O3. The van der Waals surface area contributed by atoms with E-state index in [-0.39, 0.29) is 11.4 Å². The SMILES string of the molecule is O=c1ccc(-c2ccc(OC(F)F)cc2)nn1Cc1nnc(C(F)(F)F)o1. The van der Waals surface area contributed by atoms with Gasteiger partial charge in [-0.3, -0.25) is 4.79 Å². The zero-order valence-electron chi connectivity index (χ0n) is 13.2. The number of alkyl halides is 5. The molecule has 0 radical (unpaired) electrons. The average Bonchev–Trinajstić information content (AvgIpc) is 3.06. The molecule has 0 N–H and O–H groups in total. The van der Waals surface area contributed by atoms with E-state index in [9.17, 15) is 26.7 Å². The third kappa shape index (κ3) is 4.46. The maximum atomic E-state index is 12.5. The molecule has 0 aliphatic rings. The van der Waals surface area contributed by atoms with E-state index < -0.39 is 36.7 Å². The van der Waals surface area contributed by atoms with Crippen LogP contribution in [-0.2, 0) is 12.7 Å². The van der Waals surface area contributed by atoms with Crippen LogP contribution >= 0.6 is 0 Å². The van der Waals surface area contributed by atoms with Gasteiger partial charge >= 0.3 is 18.7 Å². The number of rotatable bonds is 5. The molecule has 0 fully saturated rings. The number of aromatic nitrogens is 4. The first-order valence-corrected chi connectivity index (χ1v) is 7.25. The van der Waals surface area contributed by atoms with Crippen LogP contribution in [0.1, 0.15) is 11.8 Å². The lowest BCUT2D eigenvalue weighted by Gasteiger charge is -2.07. The molecule has 0 bridgehead atoms. The second kappa shape index (κ2) is 7.13. The molecule has 0 saturated heterocycles. The molecular weight excluding hydrogens is 379 g/mol. The van der Waals surface area contributed by atoms with Crippen LogP contribution in [0.3, 0.4) is 0 Å². The highest BCUT2D eigenvalue weighted by atomic mass is 19.4. The van der Waals surface area contributed by atoms with Crippen molar-refractivity contribution in [2.45, 2.75) is 19.3 Å². The first kappa shape index (κ1) is 18.5. The molecule has 12 heteroatoms. The second-order valence-corrected chi connectivity index (χ2v) is 5.12. The van der Waals surface area contributed by atoms with Crippen molar-refractivity contribution in [1.29, 1.82) is 0 Å². The van der Waals surface area contributed by atoms with Crippen molar-refractivity contribution in [2.24, 2.45) is 0 Å². The highest BCUT2D eigenvalue weighted by molar-refractivity contribution is 5.59. The fourth-order valence-corrected chi connectivity index (χ4v) is 2.08. The van der Waals surface area contributed by atoms with Gasteiger partial charge in [0.1, 0.15) is 12.3 Å². The van der Waals surface area contributed by atoms with Gasteiger partial charge < -0.3 is 9.15 Å². The summed E-state index contributed by atoms with van der Waals surface area (Å²) in [6, 6.07) is 7.95. The summed E-state index contributed by atoms with van der Waals surface area (Å²) in [5, 5.41) is 10.1. The minimum absolute atomic E-state index is 0.0624. The monoisotopic (exact) mass is 388 g/mol. The van der Waals surface area contributed by atoms with Crippen molar-refractivity contribution in [3.8, 4) is 17.0 Å².